The van der Waals surface area contributed by atoms with Crippen molar-refractivity contribution >= 4 is 62.0 Å². The van der Waals surface area contributed by atoms with E-state index in [0.29, 0.717) is 20.8 Å². The van der Waals surface area contributed by atoms with Gasteiger partial charge in [-0.2, -0.15) is 0 Å². The Morgan fingerprint density at radius 2 is 1.79 bits per heavy atom. The monoisotopic (exact) mass is 328 g/mol. The van der Waals surface area contributed by atoms with Crippen molar-refractivity contribution in [1.29, 1.82) is 0 Å². The first kappa shape index (κ1) is 13.0. The van der Waals surface area contributed by atoms with Gasteiger partial charge < -0.3 is 5.73 Å². The van der Waals surface area contributed by atoms with Crippen LogP contribution < -0.4 is 5.73 Å². The van der Waals surface area contributed by atoms with E-state index < -0.39 is 0 Å². The zero-order valence-corrected chi connectivity index (χ0v) is 12.5. The molecule has 19 heavy (non-hydrogen) atoms. The topological polar surface area (TPSA) is 38.9 Å². The molecule has 2 nitrogen and oxygen atoms in total. The van der Waals surface area contributed by atoms with Gasteiger partial charge in [0.1, 0.15) is 5.01 Å². The summed E-state index contributed by atoms with van der Waals surface area (Å²) >= 11 is 19.5. The lowest BCUT2D eigenvalue weighted by Crippen LogP contribution is -1.91. The number of nitrogens with zero attached hydrogens (tertiary/aromatic N) is 1. The number of fused-ring (bicyclic) bond motifs is 1. The quantitative estimate of drug-likeness (QED) is 0.598. The van der Waals surface area contributed by atoms with Crippen LogP contribution in [0.1, 0.15) is 0 Å². The third-order valence-electron chi connectivity index (χ3n) is 2.68. The minimum absolute atomic E-state index is 0.430. The van der Waals surface area contributed by atoms with Crippen molar-refractivity contribution in [2.24, 2.45) is 0 Å². The molecule has 0 fully saturated rings. The minimum Gasteiger partial charge on any atom is -0.397 e. The molecule has 0 aliphatic rings. The first-order valence-corrected chi connectivity index (χ1v) is 7.30. The number of benzene rings is 2. The second kappa shape index (κ2) is 4.84. The summed E-state index contributed by atoms with van der Waals surface area (Å²) in [5.41, 5.74) is 8.09. The van der Waals surface area contributed by atoms with Crippen molar-refractivity contribution in [3.63, 3.8) is 0 Å². The molecule has 0 bridgehead atoms. The fourth-order valence-electron chi connectivity index (χ4n) is 1.78. The summed E-state index contributed by atoms with van der Waals surface area (Å²) in [6.45, 7) is 0. The van der Waals surface area contributed by atoms with Crippen molar-refractivity contribution in [3.05, 3.63) is 45.4 Å². The van der Waals surface area contributed by atoms with Crippen molar-refractivity contribution < 1.29 is 0 Å². The molecule has 1 heterocycles. The lowest BCUT2D eigenvalue weighted by atomic mass is 10.2. The van der Waals surface area contributed by atoms with Gasteiger partial charge >= 0.3 is 0 Å². The highest BCUT2D eigenvalue weighted by Gasteiger charge is 2.13. The van der Waals surface area contributed by atoms with E-state index in [0.717, 1.165) is 20.8 Å². The highest BCUT2D eigenvalue weighted by Crippen LogP contribution is 2.38. The number of nitrogen functional groups attached to an aromatic ring is 1. The molecule has 2 N–H and O–H groups in total. The zero-order chi connectivity index (χ0) is 13.6. The van der Waals surface area contributed by atoms with Crippen LogP contribution in [-0.4, -0.2) is 4.98 Å². The molecule has 0 saturated heterocycles. The van der Waals surface area contributed by atoms with Crippen LogP contribution >= 0.6 is 46.1 Å². The summed E-state index contributed by atoms with van der Waals surface area (Å²) in [6.07, 6.45) is 0. The van der Waals surface area contributed by atoms with Gasteiger partial charge in [0, 0.05) is 15.6 Å². The number of rotatable bonds is 1. The van der Waals surface area contributed by atoms with Gasteiger partial charge in [-0.1, -0.05) is 34.8 Å². The fourth-order valence-corrected chi connectivity index (χ4v) is 3.54. The first-order valence-electron chi connectivity index (χ1n) is 5.35. The normalized spacial score (nSPS) is 11.1. The van der Waals surface area contributed by atoms with Gasteiger partial charge in [0.05, 0.1) is 20.9 Å². The summed E-state index contributed by atoms with van der Waals surface area (Å²) in [6, 6.07) is 8.94. The number of halogens is 3. The number of nitrogens with two attached hydrogens (primary N) is 1. The number of hydrogen-bond donors (Lipinski definition) is 1. The smallest absolute Gasteiger partial charge is 0.126 e. The second-order valence-electron chi connectivity index (χ2n) is 3.98. The largest absolute Gasteiger partial charge is 0.397 e. The van der Waals surface area contributed by atoms with Crippen molar-refractivity contribution in [2.45, 2.75) is 0 Å². The maximum atomic E-state index is 6.04. The molecule has 1 aromatic heterocycles. The summed E-state index contributed by atoms with van der Waals surface area (Å²) in [4.78, 5) is 4.53. The van der Waals surface area contributed by atoms with Crippen LogP contribution in [0.3, 0.4) is 0 Å². The third kappa shape index (κ3) is 2.39. The van der Waals surface area contributed by atoms with Gasteiger partial charge in [0.25, 0.3) is 0 Å². The van der Waals surface area contributed by atoms with E-state index in [1.165, 1.54) is 11.3 Å². The van der Waals surface area contributed by atoms with E-state index in [9.17, 15) is 0 Å². The number of aromatic nitrogens is 1. The molecule has 0 spiro atoms. The third-order valence-corrected chi connectivity index (χ3v) is 4.49. The first-order chi connectivity index (χ1) is 9.04. The predicted molar refractivity (Wildman–Crippen MR) is 84.5 cm³/mol. The molecule has 0 aliphatic heterocycles. The highest BCUT2D eigenvalue weighted by atomic mass is 35.5. The zero-order valence-electron chi connectivity index (χ0n) is 9.45. The Bertz CT molecular complexity index is 783. The Labute approximate surface area is 128 Å². The Morgan fingerprint density at radius 3 is 2.58 bits per heavy atom. The fraction of sp³-hybridized carbons (Fsp3) is 0. The molecular formula is C13H7Cl3N2S. The molecule has 0 unspecified atom stereocenters. The average molecular weight is 330 g/mol. The van der Waals surface area contributed by atoms with Gasteiger partial charge in [-0.05, 0) is 30.3 Å². The molecule has 6 heteroatoms. The van der Waals surface area contributed by atoms with Gasteiger partial charge in [-0.25, -0.2) is 4.98 Å². The maximum Gasteiger partial charge on any atom is 0.126 e. The summed E-state index contributed by atoms with van der Waals surface area (Å²) in [5.74, 6) is 0. The Balaban J connectivity index is 2.24. The second-order valence-corrected chi connectivity index (χ2v) is 6.29. The molecule has 96 valence electrons. The van der Waals surface area contributed by atoms with E-state index in [-0.39, 0.29) is 0 Å². The van der Waals surface area contributed by atoms with E-state index in [1.807, 2.05) is 18.2 Å². The standard InChI is InChI=1S/C13H7Cl3N2S/c14-6-1-2-10-11(5-6)19-13(18-10)8-3-7(15)4-9(16)12(8)17/h1-5H,17H2. The number of hydrogen-bond acceptors (Lipinski definition) is 3. The van der Waals surface area contributed by atoms with E-state index in [2.05, 4.69) is 4.98 Å². The highest BCUT2D eigenvalue weighted by molar-refractivity contribution is 7.21. The Kier molecular flexibility index (Phi) is 3.31. The average Bonchev–Trinajstić information content (AvgIpc) is 2.76. The minimum atomic E-state index is 0.430. The molecule has 3 rings (SSSR count). The molecule has 3 aromatic rings. The van der Waals surface area contributed by atoms with Gasteiger partial charge in [0.2, 0.25) is 0 Å². The molecule has 0 aliphatic carbocycles. The van der Waals surface area contributed by atoms with Gasteiger partial charge in [-0.3, -0.25) is 0 Å². The van der Waals surface area contributed by atoms with Crippen molar-refractivity contribution in [2.75, 3.05) is 5.73 Å². The van der Waals surface area contributed by atoms with Crippen LogP contribution in [0.5, 0.6) is 0 Å². The van der Waals surface area contributed by atoms with Crippen LogP contribution in [0.15, 0.2) is 30.3 Å². The molecule has 2 aromatic carbocycles. The summed E-state index contributed by atoms with van der Waals surface area (Å²) in [7, 11) is 0. The number of anilines is 1. The lowest BCUT2D eigenvalue weighted by molar-refractivity contribution is 1.48. The molecule has 0 amide bonds. The van der Waals surface area contributed by atoms with Gasteiger partial charge in [0.15, 0.2) is 0 Å². The van der Waals surface area contributed by atoms with Crippen LogP contribution in [0, 0.1) is 0 Å². The summed E-state index contributed by atoms with van der Waals surface area (Å²) < 4.78 is 0.998. The molecular weight excluding hydrogens is 323 g/mol. The van der Waals surface area contributed by atoms with E-state index in [4.69, 9.17) is 40.5 Å². The van der Waals surface area contributed by atoms with Crippen LogP contribution in [-0.2, 0) is 0 Å². The van der Waals surface area contributed by atoms with Crippen molar-refractivity contribution in [1.82, 2.24) is 4.98 Å². The SMILES string of the molecule is Nc1c(Cl)cc(Cl)cc1-c1nc2ccc(Cl)cc2s1. The van der Waals surface area contributed by atoms with E-state index >= 15 is 0 Å². The van der Waals surface area contributed by atoms with Crippen molar-refractivity contribution in [3.8, 4) is 10.6 Å². The summed E-state index contributed by atoms with van der Waals surface area (Å²) in [5, 5.41) is 2.42. The van der Waals surface area contributed by atoms with E-state index in [1.54, 1.807) is 12.1 Å². The van der Waals surface area contributed by atoms with Gasteiger partial charge in [-0.15, -0.1) is 11.3 Å². The predicted octanol–water partition coefficient (Wildman–Crippen LogP) is 5.51. The lowest BCUT2D eigenvalue weighted by Gasteiger charge is -2.05. The van der Waals surface area contributed by atoms with Crippen LogP contribution in [0.4, 0.5) is 5.69 Å². The molecule has 0 radical (unpaired) electrons. The Morgan fingerprint density at radius 1 is 1.00 bits per heavy atom. The van der Waals surface area contributed by atoms with Crippen LogP contribution in [0.25, 0.3) is 20.8 Å². The Hall–Kier alpha value is -1.000. The van der Waals surface area contributed by atoms with Crippen LogP contribution in [0.2, 0.25) is 15.1 Å². The molecule has 0 atom stereocenters. The number of thiazole rings is 1. The maximum absolute atomic E-state index is 6.04. The molecule has 0 saturated carbocycles.